The molecule has 0 aromatic heterocycles. The molecule has 6 nitrogen and oxygen atoms in total. The summed E-state index contributed by atoms with van der Waals surface area (Å²) in [5, 5.41) is 5.78. The van der Waals surface area contributed by atoms with Crippen LogP contribution in [0.25, 0.3) is 0 Å². The maximum absolute atomic E-state index is 12.5. The van der Waals surface area contributed by atoms with Gasteiger partial charge in [-0.2, -0.15) is 0 Å². The molecule has 0 spiro atoms. The van der Waals surface area contributed by atoms with Crippen molar-refractivity contribution in [3.63, 3.8) is 0 Å². The van der Waals surface area contributed by atoms with Crippen molar-refractivity contribution in [2.24, 2.45) is 0 Å². The second-order valence-electron chi connectivity index (χ2n) is 6.31. The average molecular weight is 332 g/mol. The molecule has 1 fully saturated rings. The summed E-state index contributed by atoms with van der Waals surface area (Å²) < 4.78 is 0. The van der Waals surface area contributed by atoms with Crippen LogP contribution in [0.15, 0.2) is 18.2 Å². The predicted molar refractivity (Wildman–Crippen MR) is 96.6 cm³/mol. The Morgan fingerprint density at radius 1 is 1.42 bits per heavy atom. The van der Waals surface area contributed by atoms with E-state index >= 15 is 0 Å². The fourth-order valence-corrected chi connectivity index (χ4v) is 3.05. The van der Waals surface area contributed by atoms with Gasteiger partial charge in [-0.15, -0.1) is 0 Å². The third-order valence-corrected chi connectivity index (χ3v) is 4.52. The normalized spacial score (nSPS) is 14.4. The molecular weight excluding hydrogens is 304 g/mol. The van der Waals surface area contributed by atoms with Crippen LogP contribution >= 0.6 is 0 Å². The molecule has 0 aliphatic carbocycles. The summed E-state index contributed by atoms with van der Waals surface area (Å²) in [6.07, 6.45) is 0. The molecule has 2 rings (SSSR count). The first kappa shape index (κ1) is 18.3. The molecular formula is C18H28N4O2. The first-order valence-corrected chi connectivity index (χ1v) is 8.63. The highest BCUT2D eigenvalue weighted by Gasteiger charge is 2.24. The summed E-state index contributed by atoms with van der Waals surface area (Å²) >= 11 is 0. The van der Waals surface area contributed by atoms with Crippen LogP contribution in [0.5, 0.6) is 0 Å². The summed E-state index contributed by atoms with van der Waals surface area (Å²) in [6, 6.07) is 5.88. The predicted octanol–water partition coefficient (Wildman–Crippen LogP) is 1.98. The molecule has 0 saturated carbocycles. The molecule has 0 bridgehead atoms. The highest BCUT2D eigenvalue weighted by Crippen LogP contribution is 2.24. The molecule has 1 saturated heterocycles. The van der Waals surface area contributed by atoms with E-state index in [4.69, 9.17) is 0 Å². The standard InChI is InChI=1S/C18H28N4O2/c1-5-21(13(2)3)11-9-19-17(23)15-7-6-8-16(14(15)4)22-12-10-20-18(22)24/h6-8,13H,5,9-12H2,1-4H3,(H,19,23)(H,20,24). The lowest BCUT2D eigenvalue weighted by Crippen LogP contribution is -2.38. The average Bonchev–Trinajstić information content (AvgIpc) is 2.97. The fourth-order valence-electron chi connectivity index (χ4n) is 3.05. The van der Waals surface area contributed by atoms with E-state index in [9.17, 15) is 9.59 Å². The van der Waals surface area contributed by atoms with Crippen LogP contribution < -0.4 is 15.5 Å². The Balaban J connectivity index is 2.03. The van der Waals surface area contributed by atoms with E-state index < -0.39 is 0 Å². The molecule has 6 heteroatoms. The second kappa shape index (κ2) is 8.15. The molecule has 1 heterocycles. The van der Waals surface area contributed by atoms with Gasteiger partial charge in [-0.05, 0) is 45.0 Å². The maximum atomic E-state index is 12.5. The smallest absolute Gasteiger partial charge is 0.322 e. The van der Waals surface area contributed by atoms with Gasteiger partial charge in [0.25, 0.3) is 5.91 Å². The molecule has 0 unspecified atom stereocenters. The second-order valence-corrected chi connectivity index (χ2v) is 6.31. The Labute approximate surface area is 144 Å². The number of hydrogen-bond donors (Lipinski definition) is 2. The Hall–Kier alpha value is -2.08. The van der Waals surface area contributed by atoms with E-state index in [2.05, 4.69) is 36.3 Å². The Bertz CT molecular complexity index is 601. The number of carbonyl (C=O) groups is 2. The molecule has 1 aliphatic heterocycles. The third-order valence-electron chi connectivity index (χ3n) is 4.52. The molecule has 3 amide bonds. The molecule has 24 heavy (non-hydrogen) atoms. The minimum Gasteiger partial charge on any atom is -0.351 e. The topological polar surface area (TPSA) is 64.7 Å². The van der Waals surface area contributed by atoms with Crippen LogP contribution in [0, 0.1) is 6.92 Å². The summed E-state index contributed by atoms with van der Waals surface area (Å²) in [7, 11) is 0. The molecule has 0 radical (unpaired) electrons. The molecule has 1 aromatic rings. The number of amides is 3. The first-order chi connectivity index (χ1) is 11.5. The largest absolute Gasteiger partial charge is 0.351 e. The molecule has 132 valence electrons. The SMILES string of the molecule is CCN(CCNC(=O)c1cccc(N2CCNC2=O)c1C)C(C)C. The summed E-state index contributed by atoms with van der Waals surface area (Å²) in [4.78, 5) is 28.4. The van der Waals surface area contributed by atoms with Crippen LogP contribution in [0.2, 0.25) is 0 Å². The van der Waals surface area contributed by atoms with Crippen LogP contribution in [0.1, 0.15) is 36.7 Å². The fraction of sp³-hybridized carbons (Fsp3) is 0.556. The lowest BCUT2D eigenvalue weighted by atomic mass is 10.1. The lowest BCUT2D eigenvalue weighted by molar-refractivity contribution is 0.0945. The summed E-state index contributed by atoms with van der Waals surface area (Å²) in [6.45, 7) is 12.0. The highest BCUT2D eigenvalue weighted by molar-refractivity contribution is 6.00. The molecule has 2 N–H and O–H groups in total. The zero-order valence-corrected chi connectivity index (χ0v) is 15.1. The van der Waals surface area contributed by atoms with Gasteiger partial charge in [0.05, 0.1) is 0 Å². The Morgan fingerprint density at radius 2 is 2.17 bits per heavy atom. The number of rotatable bonds is 7. The number of urea groups is 1. The van der Waals surface area contributed by atoms with Crippen LogP contribution in [0.3, 0.4) is 0 Å². The Morgan fingerprint density at radius 3 is 2.75 bits per heavy atom. The van der Waals surface area contributed by atoms with Gasteiger partial charge in [0.15, 0.2) is 0 Å². The third kappa shape index (κ3) is 4.06. The van der Waals surface area contributed by atoms with E-state index in [1.807, 2.05) is 25.1 Å². The zero-order chi connectivity index (χ0) is 17.7. The van der Waals surface area contributed by atoms with E-state index in [0.717, 1.165) is 24.3 Å². The quantitative estimate of drug-likeness (QED) is 0.802. The van der Waals surface area contributed by atoms with Gasteiger partial charge in [0.1, 0.15) is 0 Å². The minimum absolute atomic E-state index is 0.0891. The number of carbonyl (C=O) groups excluding carboxylic acids is 2. The first-order valence-electron chi connectivity index (χ1n) is 8.63. The van der Waals surface area contributed by atoms with Gasteiger partial charge >= 0.3 is 6.03 Å². The summed E-state index contributed by atoms with van der Waals surface area (Å²) in [5.41, 5.74) is 2.26. The van der Waals surface area contributed by atoms with Crippen molar-refractivity contribution in [1.29, 1.82) is 0 Å². The Kier molecular flexibility index (Phi) is 6.20. The number of benzene rings is 1. The van der Waals surface area contributed by atoms with Crippen LogP contribution in [0.4, 0.5) is 10.5 Å². The maximum Gasteiger partial charge on any atom is 0.322 e. The van der Waals surface area contributed by atoms with Crippen molar-refractivity contribution in [1.82, 2.24) is 15.5 Å². The minimum atomic E-state index is -0.105. The summed E-state index contributed by atoms with van der Waals surface area (Å²) in [5.74, 6) is -0.0891. The van der Waals surface area contributed by atoms with Gasteiger partial charge in [0, 0.05) is 43.5 Å². The van der Waals surface area contributed by atoms with E-state index in [0.29, 0.717) is 31.2 Å². The zero-order valence-electron chi connectivity index (χ0n) is 15.1. The van der Waals surface area contributed by atoms with Gasteiger partial charge in [-0.25, -0.2) is 4.79 Å². The number of nitrogens with one attached hydrogen (secondary N) is 2. The van der Waals surface area contributed by atoms with Crippen molar-refractivity contribution in [2.45, 2.75) is 33.7 Å². The lowest BCUT2D eigenvalue weighted by Gasteiger charge is -2.24. The monoisotopic (exact) mass is 332 g/mol. The number of hydrogen-bond acceptors (Lipinski definition) is 3. The van der Waals surface area contributed by atoms with Gasteiger partial charge in [0.2, 0.25) is 0 Å². The number of likely N-dealkylation sites (N-methyl/N-ethyl adjacent to an activating group) is 1. The van der Waals surface area contributed by atoms with E-state index in [1.54, 1.807) is 4.90 Å². The van der Waals surface area contributed by atoms with Crippen LogP contribution in [-0.2, 0) is 0 Å². The molecule has 1 aliphatic rings. The van der Waals surface area contributed by atoms with Crippen molar-refractivity contribution in [2.75, 3.05) is 37.6 Å². The molecule has 0 atom stereocenters. The van der Waals surface area contributed by atoms with Gasteiger partial charge < -0.3 is 10.6 Å². The van der Waals surface area contributed by atoms with Gasteiger partial charge in [-0.3, -0.25) is 14.6 Å². The van der Waals surface area contributed by atoms with Crippen molar-refractivity contribution in [3.8, 4) is 0 Å². The highest BCUT2D eigenvalue weighted by atomic mass is 16.2. The number of anilines is 1. The van der Waals surface area contributed by atoms with Crippen molar-refractivity contribution in [3.05, 3.63) is 29.3 Å². The molecule has 1 aromatic carbocycles. The van der Waals surface area contributed by atoms with Crippen LogP contribution in [-0.4, -0.2) is 55.6 Å². The number of nitrogens with zero attached hydrogens (tertiary/aromatic N) is 2. The van der Waals surface area contributed by atoms with Crippen molar-refractivity contribution < 1.29 is 9.59 Å². The van der Waals surface area contributed by atoms with Gasteiger partial charge in [-0.1, -0.05) is 13.0 Å². The van der Waals surface area contributed by atoms with E-state index in [-0.39, 0.29) is 11.9 Å². The van der Waals surface area contributed by atoms with Crippen molar-refractivity contribution >= 4 is 17.6 Å². The van der Waals surface area contributed by atoms with E-state index in [1.165, 1.54) is 0 Å².